The molecule has 0 unspecified atom stereocenters. The zero-order valence-electron chi connectivity index (χ0n) is 15.9. The molecule has 144 valence electrons. The summed E-state index contributed by atoms with van der Waals surface area (Å²) in [5.74, 6) is 0.801. The number of halogens is 2. The first kappa shape index (κ1) is 20.6. The molecule has 0 radical (unpaired) electrons. The van der Waals surface area contributed by atoms with Gasteiger partial charge in [0.15, 0.2) is 0 Å². The number of rotatable bonds is 5. The molecule has 1 heterocycles. The summed E-state index contributed by atoms with van der Waals surface area (Å²) in [6.45, 7) is 5.30. The zero-order chi connectivity index (χ0) is 19.4. The van der Waals surface area contributed by atoms with Gasteiger partial charge < -0.3 is 4.90 Å². The van der Waals surface area contributed by atoms with Crippen molar-refractivity contribution in [2.75, 3.05) is 26.7 Å². The van der Waals surface area contributed by atoms with Crippen molar-refractivity contribution in [2.24, 2.45) is 0 Å². The van der Waals surface area contributed by atoms with Crippen LogP contribution in [0.15, 0.2) is 51.4 Å². The first-order chi connectivity index (χ1) is 12.9. The normalized spacial score (nSPS) is 15.7. The minimum Gasteiger partial charge on any atom is -0.340 e. The first-order valence-electron chi connectivity index (χ1n) is 9.39. The fourth-order valence-corrected chi connectivity index (χ4v) is 5.21. The van der Waals surface area contributed by atoms with Gasteiger partial charge in [-0.2, -0.15) is 0 Å². The molecule has 0 spiro atoms. The van der Waals surface area contributed by atoms with E-state index in [9.17, 15) is 4.79 Å². The zero-order valence-corrected chi connectivity index (χ0v) is 19.1. The molecule has 1 aliphatic heterocycles. The second-order valence-corrected chi connectivity index (χ2v) is 9.27. The molecule has 27 heavy (non-hydrogen) atoms. The highest BCUT2D eigenvalue weighted by Gasteiger charge is 2.23. The fourth-order valence-electron chi connectivity index (χ4n) is 3.82. The quantitative estimate of drug-likeness (QED) is 0.559. The number of benzene rings is 2. The Morgan fingerprint density at radius 1 is 1.11 bits per heavy atom. The van der Waals surface area contributed by atoms with Gasteiger partial charge in [0.25, 0.3) is 0 Å². The Morgan fingerprint density at radius 3 is 2.37 bits per heavy atom. The molecule has 1 saturated heterocycles. The van der Waals surface area contributed by atoms with Crippen molar-refractivity contribution in [3.05, 3.63) is 68.1 Å². The number of aryl methyl sites for hydroxylation is 1. The van der Waals surface area contributed by atoms with Crippen LogP contribution in [-0.4, -0.2) is 42.4 Å². The van der Waals surface area contributed by atoms with E-state index in [1.807, 2.05) is 18.0 Å². The van der Waals surface area contributed by atoms with Crippen LogP contribution in [0.3, 0.4) is 0 Å². The van der Waals surface area contributed by atoms with Crippen molar-refractivity contribution in [1.82, 2.24) is 9.80 Å². The van der Waals surface area contributed by atoms with Crippen LogP contribution >= 0.6 is 31.9 Å². The van der Waals surface area contributed by atoms with Gasteiger partial charge >= 0.3 is 0 Å². The minimum atomic E-state index is 0.181. The molecule has 3 nitrogen and oxygen atoms in total. The summed E-state index contributed by atoms with van der Waals surface area (Å²) in [7, 11) is 1.89. The van der Waals surface area contributed by atoms with E-state index in [-0.39, 0.29) is 5.91 Å². The molecule has 0 saturated carbocycles. The van der Waals surface area contributed by atoms with Crippen LogP contribution in [-0.2, 0) is 11.3 Å². The maximum absolute atomic E-state index is 12.7. The van der Waals surface area contributed by atoms with Crippen LogP contribution in [0, 0.1) is 6.92 Å². The van der Waals surface area contributed by atoms with E-state index in [1.54, 1.807) is 0 Å². The third-order valence-corrected chi connectivity index (χ3v) is 6.26. The molecule has 0 aliphatic carbocycles. The van der Waals surface area contributed by atoms with Gasteiger partial charge in [0.2, 0.25) is 5.91 Å². The van der Waals surface area contributed by atoms with Gasteiger partial charge in [-0.05, 0) is 73.7 Å². The summed E-state index contributed by atoms with van der Waals surface area (Å²) in [4.78, 5) is 16.8. The van der Waals surface area contributed by atoms with Crippen LogP contribution in [0.2, 0.25) is 0 Å². The predicted molar refractivity (Wildman–Crippen MR) is 118 cm³/mol. The van der Waals surface area contributed by atoms with Crippen LogP contribution in [0.25, 0.3) is 0 Å². The highest BCUT2D eigenvalue weighted by Crippen LogP contribution is 2.30. The number of amides is 1. The molecule has 0 atom stereocenters. The molecular weight excluding hydrogens is 468 g/mol. The molecule has 0 bridgehead atoms. The third-order valence-electron chi connectivity index (χ3n) is 5.34. The van der Waals surface area contributed by atoms with Crippen LogP contribution < -0.4 is 0 Å². The minimum absolute atomic E-state index is 0.181. The lowest BCUT2D eigenvalue weighted by molar-refractivity contribution is -0.131. The molecule has 0 aromatic heterocycles. The van der Waals surface area contributed by atoms with Gasteiger partial charge in [-0.1, -0.05) is 56.1 Å². The number of likely N-dealkylation sites (tertiary alicyclic amines) is 1. The molecule has 0 N–H and O–H groups in total. The van der Waals surface area contributed by atoms with Crippen molar-refractivity contribution in [3.63, 3.8) is 0 Å². The van der Waals surface area contributed by atoms with Crippen molar-refractivity contribution >= 4 is 37.8 Å². The Balaban J connectivity index is 1.51. The topological polar surface area (TPSA) is 23.6 Å². The molecule has 2 aromatic carbocycles. The lowest BCUT2D eigenvalue weighted by atomic mass is 9.87. The molecule has 1 aliphatic rings. The van der Waals surface area contributed by atoms with Gasteiger partial charge in [-0.3, -0.25) is 9.69 Å². The van der Waals surface area contributed by atoms with E-state index in [2.05, 4.69) is 80.1 Å². The van der Waals surface area contributed by atoms with Gasteiger partial charge in [-0.25, -0.2) is 0 Å². The number of hydrogen-bond donors (Lipinski definition) is 0. The predicted octanol–water partition coefficient (Wildman–Crippen LogP) is 5.36. The highest BCUT2D eigenvalue weighted by molar-refractivity contribution is 9.11. The van der Waals surface area contributed by atoms with Crippen molar-refractivity contribution < 1.29 is 4.79 Å². The average Bonchev–Trinajstić information content (AvgIpc) is 2.62. The van der Waals surface area contributed by atoms with E-state index in [1.165, 1.54) is 11.1 Å². The average molecular weight is 494 g/mol. The highest BCUT2D eigenvalue weighted by atomic mass is 79.9. The van der Waals surface area contributed by atoms with E-state index in [0.29, 0.717) is 19.0 Å². The van der Waals surface area contributed by atoms with Crippen molar-refractivity contribution in [2.45, 2.75) is 32.2 Å². The van der Waals surface area contributed by atoms with Crippen LogP contribution in [0.1, 0.15) is 35.4 Å². The van der Waals surface area contributed by atoms with Crippen molar-refractivity contribution in [3.8, 4) is 0 Å². The maximum atomic E-state index is 12.7. The smallest absolute Gasteiger partial charge is 0.236 e. The van der Waals surface area contributed by atoms with E-state index >= 15 is 0 Å². The third kappa shape index (κ3) is 5.66. The summed E-state index contributed by atoms with van der Waals surface area (Å²) in [5.41, 5.74) is 3.97. The van der Waals surface area contributed by atoms with Gasteiger partial charge in [0.05, 0.1) is 6.54 Å². The van der Waals surface area contributed by atoms with E-state index < -0.39 is 0 Å². The van der Waals surface area contributed by atoms with Gasteiger partial charge in [-0.15, -0.1) is 0 Å². The van der Waals surface area contributed by atoms with Gasteiger partial charge in [0, 0.05) is 22.5 Å². The molecule has 1 amide bonds. The van der Waals surface area contributed by atoms with E-state index in [0.717, 1.165) is 40.4 Å². The number of carbonyl (C=O) groups is 1. The summed E-state index contributed by atoms with van der Waals surface area (Å²) < 4.78 is 2.04. The Bertz CT molecular complexity index is 780. The number of likely N-dealkylation sites (N-methyl/N-ethyl adjacent to an activating group) is 1. The summed E-state index contributed by atoms with van der Waals surface area (Å²) in [6, 6.07) is 14.8. The lowest BCUT2D eigenvalue weighted by Gasteiger charge is -2.33. The lowest BCUT2D eigenvalue weighted by Crippen LogP contribution is -2.41. The molecule has 3 rings (SSSR count). The molecular formula is C22H26Br2N2O. The number of piperidine rings is 1. The largest absolute Gasteiger partial charge is 0.340 e. The fraction of sp³-hybridized carbons (Fsp3) is 0.409. The SMILES string of the molecule is Cc1ccccc1C1CCN(CC(=O)N(C)Cc2cc(Br)cc(Br)c2)CC1. The Labute approximate surface area is 179 Å². The van der Waals surface area contributed by atoms with Crippen molar-refractivity contribution in [1.29, 1.82) is 0 Å². The molecule has 1 fully saturated rings. The molecule has 5 heteroatoms. The summed E-state index contributed by atoms with van der Waals surface area (Å²) in [6.07, 6.45) is 2.25. The van der Waals surface area contributed by atoms with Crippen LogP contribution in [0.5, 0.6) is 0 Å². The van der Waals surface area contributed by atoms with Crippen LogP contribution in [0.4, 0.5) is 0 Å². The summed E-state index contributed by atoms with van der Waals surface area (Å²) in [5, 5.41) is 0. The monoisotopic (exact) mass is 492 g/mol. The Morgan fingerprint density at radius 2 is 1.74 bits per heavy atom. The van der Waals surface area contributed by atoms with E-state index in [4.69, 9.17) is 0 Å². The first-order valence-corrected chi connectivity index (χ1v) is 11.0. The summed E-state index contributed by atoms with van der Waals surface area (Å²) >= 11 is 7.02. The van der Waals surface area contributed by atoms with Gasteiger partial charge in [0.1, 0.15) is 0 Å². The number of nitrogens with zero attached hydrogens (tertiary/aromatic N) is 2. The number of hydrogen-bond acceptors (Lipinski definition) is 2. The second kappa shape index (κ2) is 9.35. The Kier molecular flexibility index (Phi) is 7.12. The maximum Gasteiger partial charge on any atom is 0.236 e. The standard InChI is InChI=1S/C22H26Br2N2O/c1-16-5-3-4-6-21(16)18-7-9-26(10-8-18)15-22(27)25(2)14-17-11-19(23)13-20(24)12-17/h3-6,11-13,18H,7-10,14-15H2,1-2H3. The number of carbonyl (C=O) groups excluding carboxylic acids is 1. The molecule has 2 aromatic rings. The Hall–Kier alpha value is -1.17. The second-order valence-electron chi connectivity index (χ2n) is 7.43.